The molecule has 0 saturated carbocycles. The van der Waals surface area contributed by atoms with Gasteiger partial charge in [0.25, 0.3) is 0 Å². The van der Waals surface area contributed by atoms with Crippen molar-refractivity contribution in [3.63, 3.8) is 0 Å². The van der Waals surface area contributed by atoms with Crippen molar-refractivity contribution in [3.8, 4) is 0 Å². The number of carboxylic acid groups (broad SMARTS) is 1. The fourth-order valence-corrected chi connectivity index (χ4v) is 1.03. The standard InChI is InChI=1S/C10H19NO2/c1-8(2)5-6-11(9(3)4)7-10(12)13/h9H,1,5-7H2,2-4H3,(H,12,13). The molecule has 76 valence electrons. The SMILES string of the molecule is C=C(C)CCN(CC(=O)O)C(C)C. The van der Waals surface area contributed by atoms with Crippen LogP contribution < -0.4 is 0 Å². The Morgan fingerprint density at radius 3 is 2.38 bits per heavy atom. The number of carboxylic acids is 1. The van der Waals surface area contributed by atoms with Gasteiger partial charge in [0, 0.05) is 12.6 Å². The highest BCUT2D eigenvalue weighted by Gasteiger charge is 2.12. The van der Waals surface area contributed by atoms with Gasteiger partial charge in [-0.25, -0.2) is 0 Å². The molecular weight excluding hydrogens is 166 g/mol. The van der Waals surface area contributed by atoms with Crippen LogP contribution in [0.5, 0.6) is 0 Å². The number of aliphatic carboxylic acids is 1. The predicted molar refractivity (Wildman–Crippen MR) is 53.8 cm³/mol. The van der Waals surface area contributed by atoms with Gasteiger partial charge >= 0.3 is 5.97 Å². The first kappa shape index (κ1) is 12.2. The van der Waals surface area contributed by atoms with Gasteiger partial charge in [-0.15, -0.1) is 6.58 Å². The molecule has 0 aromatic rings. The van der Waals surface area contributed by atoms with E-state index in [1.165, 1.54) is 0 Å². The van der Waals surface area contributed by atoms with Gasteiger partial charge in [0.15, 0.2) is 0 Å². The minimum Gasteiger partial charge on any atom is -0.480 e. The van der Waals surface area contributed by atoms with Crippen LogP contribution in [0.3, 0.4) is 0 Å². The van der Waals surface area contributed by atoms with E-state index in [9.17, 15) is 4.79 Å². The lowest BCUT2D eigenvalue weighted by Gasteiger charge is -2.24. The largest absolute Gasteiger partial charge is 0.480 e. The number of nitrogens with zero attached hydrogens (tertiary/aromatic N) is 1. The van der Waals surface area contributed by atoms with Gasteiger partial charge in [0.05, 0.1) is 6.54 Å². The summed E-state index contributed by atoms with van der Waals surface area (Å²) in [6.07, 6.45) is 0.867. The maximum atomic E-state index is 10.5. The molecule has 1 N–H and O–H groups in total. The van der Waals surface area contributed by atoms with Crippen LogP contribution in [-0.4, -0.2) is 35.1 Å². The van der Waals surface area contributed by atoms with Crippen LogP contribution in [0.25, 0.3) is 0 Å². The molecule has 0 spiro atoms. The van der Waals surface area contributed by atoms with E-state index in [1.54, 1.807) is 0 Å². The molecule has 0 aromatic carbocycles. The van der Waals surface area contributed by atoms with E-state index >= 15 is 0 Å². The molecule has 0 radical (unpaired) electrons. The molecule has 0 saturated heterocycles. The van der Waals surface area contributed by atoms with Crippen molar-refractivity contribution in [3.05, 3.63) is 12.2 Å². The minimum atomic E-state index is -0.768. The van der Waals surface area contributed by atoms with Crippen molar-refractivity contribution >= 4 is 5.97 Å². The third kappa shape index (κ3) is 6.34. The van der Waals surface area contributed by atoms with E-state index < -0.39 is 5.97 Å². The van der Waals surface area contributed by atoms with E-state index in [2.05, 4.69) is 6.58 Å². The van der Waals surface area contributed by atoms with Gasteiger partial charge in [-0.1, -0.05) is 5.57 Å². The Labute approximate surface area is 80.0 Å². The maximum Gasteiger partial charge on any atom is 0.317 e. The first-order valence-corrected chi connectivity index (χ1v) is 4.53. The molecule has 0 fully saturated rings. The number of hydrogen-bond donors (Lipinski definition) is 1. The second-order valence-electron chi connectivity index (χ2n) is 3.67. The molecule has 0 aliphatic carbocycles. The van der Waals surface area contributed by atoms with Crippen LogP contribution in [0.4, 0.5) is 0 Å². The van der Waals surface area contributed by atoms with Gasteiger partial charge in [-0.2, -0.15) is 0 Å². The molecule has 0 rings (SSSR count). The van der Waals surface area contributed by atoms with Crippen molar-refractivity contribution < 1.29 is 9.90 Å². The summed E-state index contributed by atoms with van der Waals surface area (Å²) < 4.78 is 0. The fraction of sp³-hybridized carbons (Fsp3) is 0.700. The minimum absolute atomic E-state index is 0.116. The monoisotopic (exact) mass is 185 g/mol. The zero-order valence-electron chi connectivity index (χ0n) is 8.71. The molecule has 0 heterocycles. The van der Waals surface area contributed by atoms with Gasteiger partial charge in [0.2, 0.25) is 0 Å². The molecule has 0 bridgehead atoms. The van der Waals surface area contributed by atoms with Crippen LogP contribution in [0, 0.1) is 0 Å². The zero-order chi connectivity index (χ0) is 10.4. The molecular formula is C10H19NO2. The quantitative estimate of drug-likeness (QED) is 0.641. The Balaban J connectivity index is 3.95. The Morgan fingerprint density at radius 1 is 1.54 bits per heavy atom. The summed E-state index contributed by atoms with van der Waals surface area (Å²) in [5, 5.41) is 8.63. The van der Waals surface area contributed by atoms with Crippen LogP contribution in [0.1, 0.15) is 27.2 Å². The van der Waals surface area contributed by atoms with E-state index in [0.29, 0.717) is 0 Å². The molecule has 0 amide bonds. The number of rotatable bonds is 6. The van der Waals surface area contributed by atoms with E-state index in [1.807, 2.05) is 25.7 Å². The third-order valence-electron chi connectivity index (χ3n) is 1.89. The summed E-state index contributed by atoms with van der Waals surface area (Å²) in [4.78, 5) is 12.4. The summed E-state index contributed by atoms with van der Waals surface area (Å²) >= 11 is 0. The smallest absolute Gasteiger partial charge is 0.317 e. The van der Waals surface area contributed by atoms with Crippen LogP contribution in [0.15, 0.2) is 12.2 Å². The Hall–Kier alpha value is -0.830. The Morgan fingerprint density at radius 2 is 2.08 bits per heavy atom. The Kier molecular flexibility index (Phi) is 5.39. The summed E-state index contributed by atoms with van der Waals surface area (Å²) in [6.45, 7) is 10.6. The van der Waals surface area contributed by atoms with Crippen molar-refractivity contribution in [2.45, 2.75) is 33.2 Å². The summed E-state index contributed by atoms with van der Waals surface area (Å²) in [6, 6.07) is 0.274. The fourth-order valence-electron chi connectivity index (χ4n) is 1.03. The highest BCUT2D eigenvalue weighted by molar-refractivity contribution is 5.69. The summed E-state index contributed by atoms with van der Waals surface area (Å²) in [5.41, 5.74) is 1.09. The van der Waals surface area contributed by atoms with Crippen LogP contribution in [0.2, 0.25) is 0 Å². The van der Waals surface area contributed by atoms with Crippen LogP contribution in [-0.2, 0) is 4.79 Å². The second-order valence-corrected chi connectivity index (χ2v) is 3.67. The first-order valence-electron chi connectivity index (χ1n) is 4.53. The van der Waals surface area contributed by atoms with Crippen molar-refractivity contribution in [1.29, 1.82) is 0 Å². The van der Waals surface area contributed by atoms with Gasteiger partial charge in [0.1, 0.15) is 0 Å². The van der Waals surface area contributed by atoms with Gasteiger partial charge in [-0.3, -0.25) is 9.69 Å². The molecule has 0 atom stereocenters. The van der Waals surface area contributed by atoms with Crippen LogP contribution >= 0.6 is 0 Å². The summed E-state index contributed by atoms with van der Waals surface area (Å²) in [7, 11) is 0. The molecule has 3 heteroatoms. The molecule has 13 heavy (non-hydrogen) atoms. The molecule has 0 aliphatic rings. The molecule has 0 aromatic heterocycles. The van der Waals surface area contributed by atoms with Crippen molar-refractivity contribution in [2.75, 3.05) is 13.1 Å². The van der Waals surface area contributed by atoms with E-state index in [0.717, 1.165) is 18.5 Å². The zero-order valence-corrected chi connectivity index (χ0v) is 8.71. The lowest BCUT2D eigenvalue weighted by molar-refractivity contribution is -0.138. The highest BCUT2D eigenvalue weighted by Crippen LogP contribution is 2.03. The van der Waals surface area contributed by atoms with Crippen molar-refractivity contribution in [1.82, 2.24) is 4.90 Å². The average Bonchev–Trinajstić information content (AvgIpc) is 1.96. The van der Waals surface area contributed by atoms with E-state index in [-0.39, 0.29) is 12.6 Å². The lowest BCUT2D eigenvalue weighted by Crippen LogP contribution is -2.36. The second kappa shape index (κ2) is 5.75. The average molecular weight is 185 g/mol. The van der Waals surface area contributed by atoms with E-state index in [4.69, 9.17) is 5.11 Å². The maximum absolute atomic E-state index is 10.5. The number of carbonyl (C=O) groups is 1. The Bertz CT molecular complexity index is 187. The summed E-state index contributed by atoms with van der Waals surface area (Å²) in [5.74, 6) is -0.768. The van der Waals surface area contributed by atoms with Gasteiger partial charge in [-0.05, 0) is 27.2 Å². The topological polar surface area (TPSA) is 40.5 Å². The highest BCUT2D eigenvalue weighted by atomic mass is 16.4. The molecule has 3 nitrogen and oxygen atoms in total. The van der Waals surface area contributed by atoms with Crippen molar-refractivity contribution in [2.24, 2.45) is 0 Å². The molecule has 0 unspecified atom stereocenters. The third-order valence-corrected chi connectivity index (χ3v) is 1.89. The normalized spacial score (nSPS) is 10.8. The number of hydrogen-bond acceptors (Lipinski definition) is 2. The molecule has 0 aliphatic heterocycles. The lowest BCUT2D eigenvalue weighted by atomic mass is 10.2. The van der Waals surface area contributed by atoms with Gasteiger partial charge < -0.3 is 5.11 Å². The predicted octanol–water partition coefficient (Wildman–Crippen LogP) is 1.75. The first-order chi connectivity index (χ1) is 5.93.